The maximum absolute atomic E-state index is 5.50. The van der Waals surface area contributed by atoms with E-state index in [4.69, 9.17) is 8.94 Å². The van der Waals surface area contributed by atoms with Crippen LogP contribution in [0.4, 0.5) is 0 Å². The fourth-order valence-corrected chi connectivity index (χ4v) is 2.27. The summed E-state index contributed by atoms with van der Waals surface area (Å²) in [5.41, 5.74) is 1.09. The Bertz CT molecular complexity index is 697. The van der Waals surface area contributed by atoms with Gasteiger partial charge < -0.3 is 8.94 Å². The molecule has 0 N–H and O–H groups in total. The zero-order valence-corrected chi connectivity index (χ0v) is 12.4. The van der Waals surface area contributed by atoms with Crippen molar-refractivity contribution in [3.63, 3.8) is 0 Å². The number of furan rings is 1. The number of aromatic nitrogens is 4. The second-order valence-corrected chi connectivity index (χ2v) is 5.41. The van der Waals surface area contributed by atoms with Crippen molar-refractivity contribution >= 4 is 0 Å². The highest BCUT2D eigenvalue weighted by atomic mass is 16.5. The molecule has 3 rings (SSSR count). The van der Waals surface area contributed by atoms with Crippen LogP contribution >= 0.6 is 0 Å². The van der Waals surface area contributed by atoms with E-state index in [-0.39, 0.29) is 6.04 Å². The van der Waals surface area contributed by atoms with E-state index in [0.29, 0.717) is 29.8 Å². The van der Waals surface area contributed by atoms with E-state index in [1.165, 1.54) is 0 Å². The maximum atomic E-state index is 5.50. The predicted molar refractivity (Wildman–Crippen MR) is 76.7 cm³/mol. The lowest BCUT2D eigenvalue weighted by Gasteiger charge is -2.08. The first-order valence-electron chi connectivity index (χ1n) is 7.04. The molecule has 0 saturated heterocycles. The summed E-state index contributed by atoms with van der Waals surface area (Å²) in [7, 11) is 0. The molecule has 110 valence electrons. The molecule has 0 spiro atoms. The summed E-state index contributed by atoms with van der Waals surface area (Å²) in [6.07, 6.45) is 5.97. The van der Waals surface area contributed by atoms with Crippen molar-refractivity contribution in [2.75, 3.05) is 0 Å². The first kappa shape index (κ1) is 13.6. The summed E-state index contributed by atoms with van der Waals surface area (Å²) in [5, 5.41) is 8.24. The smallest absolute Gasteiger partial charge is 0.238 e. The molecule has 0 saturated carbocycles. The van der Waals surface area contributed by atoms with Crippen molar-refractivity contribution in [3.05, 3.63) is 42.2 Å². The number of rotatable bonds is 5. The average molecular weight is 286 g/mol. The van der Waals surface area contributed by atoms with Crippen LogP contribution < -0.4 is 0 Å². The second-order valence-electron chi connectivity index (χ2n) is 5.41. The Morgan fingerprint density at radius 3 is 2.86 bits per heavy atom. The van der Waals surface area contributed by atoms with Gasteiger partial charge in [-0.3, -0.25) is 4.68 Å². The van der Waals surface area contributed by atoms with E-state index in [2.05, 4.69) is 36.0 Å². The minimum absolute atomic E-state index is 0.162. The first-order chi connectivity index (χ1) is 10.1. The molecular formula is C15H18N4O2. The Hall–Kier alpha value is -2.37. The lowest BCUT2D eigenvalue weighted by atomic mass is 10.0. The molecule has 0 amide bonds. The predicted octanol–water partition coefficient (Wildman–Crippen LogP) is 3.45. The Morgan fingerprint density at radius 1 is 1.29 bits per heavy atom. The third-order valence-corrected chi connectivity index (χ3v) is 3.44. The molecule has 1 atom stereocenters. The molecule has 0 aliphatic heterocycles. The first-order valence-corrected chi connectivity index (χ1v) is 7.04. The van der Waals surface area contributed by atoms with Crippen LogP contribution in [0.15, 0.2) is 39.7 Å². The van der Waals surface area contributed by atoms with Crippen LogP contribution in [0, 0.1) is 0 Å². The van der Waals surface area contributed by atoms with Gasteiger partial charge >= 0.3 is 0 Å². The third-order valence-electron chi connectivity index (χ3n) is 3.44. The van der Waals surface area contributed by atoms with Crippen molar-refractivity contribution < 1.29 is 8.94 Å². The van der Waals surface area contributed by atoms with Crippen LogP contribution in [-0.4, -0.2) is 19.9 Å². The fourth-order valence-electron chi connectivity index (χ4n) is 2.27. The summed E-state index contributed by atoms with van der Waals surface area (Å²) in [6.45, 7) is 6.27. The Morgan fingerprint density at radius 2 is 2.14 bits per heavy atom. The number of hydrogen-bond acceptors (Lipinski definition) is 5. The zero-order chi connectivity index (χ0) is 14.8. The van der Waals surface area contributed by atoms with Crippen LogP contribution in [0.25, 0.3) is 11.6 Å². The largest absolute Gasteiger partial charge is 0.461 e. The quantitative estimate of drug-likeness (QED) is 0.718. The van der Waals surface area contributed by atoms with Crippen molar-refractivity contribution in [3.8, 4) is 11.6 Å². The van der Waals surface area contributed by atoms with E-state index >= 15 is 0 Å². The van der Waals surface area contributed by atoms with Crippen LogP contribution in [0.5, 0.6) is 0 Å². The fraction of sp³-hybridized carbons (Fsp3) is 0.400. The summed E-state index contributed by atoms with van der Waals surface area (Å²) < 4.78 is 12.7. The van der Waals surface area contributed by atoms with Crippen molar-refractivity contribution in [2.45, 2.75) is 39.2 Å². The highest BCUT2D eigenvalue weighted by Gasteiger charge is 2.19. The molecule has 0 bridgehead atoms. The number of nitrogens with zero attached hydrogens (tertiary/aromatic N) is 4. The summed E-state index contributed by atoms with van der Waals surface area (Å²) >= 11 is 0. The van der Waals surface area contributed by atoms with Gasteiger partial charge in [0.25, 0.3) is 0 Å². The van der Waals surface area contributed by atoms with E-state index in [1.54, 1.807) is 12.5 Å². The molecule has 1 unspecified atom stereocenters. The SMILES string of the molecule is CC(C)c1ccoc1-c1noc(CC(C)n2cccn2)n1. The molecular weight excluding hydrogens is 268 g/mol. The van der Waals surface area contributed by atoms with Gasteiger partial charge in [-0.15, -0.1) is 0 Å². The molecule has 3 aromatic rings. The normalized spacial score (nSPS) is 13.0. The molecule has 0 fully saturated rings. The Kier molecular flexibility index (Phi) is 3.60. The monoisotopic (exact) mass is 286 g/mol. The molecule has 6 heteroatoms. The van der Waals surface area contributed by atoms with Crippen LogP contribution in [0.1, 0.15) is 44.2 Å². The standard InChI is InChI=1S/C15H18N4O2/c1-10(2)12-5-8-20-14(12)15-17-13(21-18-15)9-11(3)19-7-4-6-16-19/h4-8,10-11H,9H2,1-3H3. The minimum Gasteiger partial charge on any atom is -0.461 e. The molecule has 0 radical (unpaired) electrons. The van der Waals surface area contributed by atoms with E-state index in [0.717, 1.165) is 5.56 Å². The maximum Gasteiger partial charge on any atom is 0.238 e. The lowest BCUT2D eigenvalue weighted by molar-refractivity contribution is 0.349. The molecule has 21 heavy (non-hydrogen) atoms. The average Bonchev–Trinajstić information content (AvgIpc) is 3.19. The van der Waals surface area contributed by atoms with Gasteiger partial charge in [0.05, 0.1) is 12.3 Å². The van der Waals surface area contributed by atoms with E-state index < -0.39 is 0 Å². The zero-order valence-electron chi connectivity index (χ0n) is 12.4. The van der Waals surface area contributed by atoms with Gasteiger partial charge in [0.2, 0.25) is 11.7 Å². The second kappa shape index (κ2) is 5.55. The molecule has 0 aliphatic rings. The van der Waals surface area contributed by atoms with Crippen molar-refractivity contribution in [1.29, 1.82) is 0 Å². The van der Waals surface area contributed by atoms with Crippen LogP contribution in [-0.2, 0) is 6.42 Å². The lowest BCUT2D eigenvalue weighted by Crippen LogP contribution is -2.08. The molecule has 3 heterocycles. The molecule has 0 aromatic carbocycles. The van der Waals surface area contributed by atoms with E-state index in [9.17, 15) is 0 Å². The van der Waals surface area contributed by atoms with Gasteiger partial charge in [0.1, 0.15) is 0 Å². The Balaban J connectivity index is 1.79. The van der Waals surface area contributed by atoms with Gasteiger partial charge in [0.15, 0.2) is 5.76 Å². The van der Waals surface area contributed by atoms with Gasteiger partial charge in [-0.2, -0.15) is 10.1 Å². The molecule has 6 nitrogen and oxygen atoms in total. The van der Waals surface area contributed by atoms with Gasteiger partial charge in [-0.1, -0.05) is 19.0 Å². The van der Waals surface area contributed by atoms with E-state index in [1.807, 2.05) is 23.0 Å². The third kappa shape index (κ3) is 2.74. The van der Waals surface area contributed by atoms with Crippen molar-refractivity contribution in [2.24, 2.45) is 0 Å². The van der Waals surface area contributed by atoms with Gasteiger partial charge in [-0.05, 0) is 25.0 Å². The summed E-state index contributed by atoms with van der Waals surface area (Å²) in [4.78, 5) is 4.43. The van der Waals surface area contributed by atoms with Gasteiger partial charge in [-0.25, -0.2) is 0 Å². The molecule has 0 aliphatic carbocycles. The summed E-state index contributed by atoms with van der Waals surface area (Å²) in [5.74, 6) is 2.13. The van der Waals surface area contributed by atoms with Crippen LogP contribution in [0.2, 0.25) is 0 Å². The molecule has 3 aromatic heterocycles. The highest BCUT2D eigenvalue weighted by Crippen LogP contribution is 2.28. The highest BCUT2D eigenvalue weighted by molar-refractivity contribution is 5.52. The summed E-state index contributed by atoms with van der Waals surface area (Å²) in [6, 6.07) is 4.00. The topological polar surface area (TPSA) is 69.9 Å². The Labute approximate surface area is 122 Å². The van der Waals surface area contributed by atoms with Crippen LogP contribution in [0.3, 0.4) is 0 Å². The minimum atomic E-state index is 0.162. The van der Waals surface area contributed by atoms with Gasteiger partial charge in [0, 0.05) is 24.4 Å². The number of hydrogen-bond donors (Lipinski definition) is 0. The van der Waals surface area contributed by atoms with Crippen molar-refractivity contribution in [1.82, 2.24) is 19.9 Å².